The van der Waals surface area contributed by atoms with Crippen molar-refractivity contribution in [2.45, 2.75) is 31.8 Å². The lowest BCUT2D eigenvalue weighted by molar-refractivity contribution is 0.451. The van der Waals surface area contributed by atoms with Crippen molar-refractivity contribution < 1.29 is 4.39 Å². The summed E-state index contributed by atoms with van der Waals surface area (Å²) >= 11 is 0. The zero-order valence-corrected chi connectivity index (χ0v) is 11.1. The van der Waals surface area contributed by atoms with Gasteiger partial charge in [-0.1, -0.05) is 12.1 Å². The molecule has 4 heteroatoms. The van der Waals surface area contributed by atoms with Crippen molar-refractivity contribution >= 4 is 0 Å². The number of aromatic nitrogens is 2. The number of aryl methyl sites for hydroxylation is 1. The third-order valence-corrected chi connectivity index (χ3v) is 3.84. The van der Waals surface area contributed by atoms with Crippen molar-refractivity contribution in [2.24, 2.45) is 7.05 Å². The largest absolute Gasteiger partial charge is 0.306 e. The van der Waals surface area contributed by atoms with Crippen LogP contribution in [0.3, 0.4) is 0 Å². The maximum absolute atomic E-state index is 12.9. The van der Waals surface area contributed by atoms with E-state index in [1.165, 1.54) is 29.8 Å². The van der Waals surface area contributed by atoms with Crippen LogP contribution >= 0.6 is 0 Å². The molecular formula is C15H18FN3. The molecule has 3 nitrogen and oxygen atoms in total. The summed E-state index contributed by atoms with van der Waals surface area (Å²) in [5.74, 6) is -0.184. The highest BCUT2D eigenvalue weighted by Gasteiger charge is 2.22. The fraction of sp³-hybridized carbons (Fsp3) is 0.400. The van der Waals surface area contributed by atoms with E-state index in [0.717, 1.165) is 24.9 Å². The Morgan fingerprint density at radius 2 is 2.16 bits per heavy atom. The van der Waals surface area contributed by atoms with E-state index in [-0.39, 0.29) is 5.82 Å². The zero-order chi connectivity index (χ0) is 13.2. The summed E-state index contributed by atoms with van der Waals surface area (Å²) in [6, 6.07) is 7.04. The minimum atomic E-state index is -0.184. The maximum atomic E-state index is 12.9. The van der Waals surface area contributed by atoms with E-state index < -0.39 is 0 Å². The maximum Gasteiger partial charge on any atom is 0.123 e. The summed E-state index contributed by atoms with van der Waals surface area (Å²) in [5.41, 5.74) is 3.76. The van der Waals surface area contributed by atoms with Crippen LogP contribution in [0.4, 0.5) is 4.39 Å². The highest BCUT2D eigenvalue weighted by Crippen LogP contribution is 2.29. The minimum absolute atomic E-state index is 0.184. The molecule has 0 spiro atoms. The summed E-state index contributed by atoms with van der Waals surface area (Å²) < 4.78 is 14.8. The molecule has 0 aliphatic heterocycles. The number of benzene rings is 1. The van der Waals surface area contributed by atoms with Crippen molar-refractivity contribution in [1.29, 1.82) is 0 Å². The Morgan fingerprint density at radius 1 is 1.37 bits per heavy atom. The van der Waals surface area contributed by atoms with Crippen LogP contribution in [0.2, 0.25) is 0 Å². The fourth-order valence-electron chi connectivity index (χ4n) is 2.76. The first kappa shape index (κ1) is 12.4. The molecule has 0 saturated carbocycles. The first-order valence-electron chi connectivity index (χ1n) is 6.72. The Hall–Kier alpha value is -1.68. The second-order valence-corrected chi connectivity index (χ2v) is 5.12. The second kappa shape index (κ2) is 5.13. The predicted molar refractivity (Wildman–Crippen MR) is 72.1 cm³/mol. The first-order valence-corrected chi connectivity index (χ1v) is 6.72. The quantitative estimate of drug-likeness (QED) is 0.918. The van der Waals surface area contributed by atoms with E-state index in [4.69, 9.17) is 0 Å². The molecule has 2 aromatic rings. The van der Waals surface area contributed by atoms with Crippen molar-refractivity contribution in [3.8, 4) is 0 Å². The summed E-state index contributed by atoms with van der Waals surface area (Å²) in [6.07, 6.45) is 5.41. The lowest BCUT2D eigenvalue weighted by Gasteiger charge is -2.24. The van der Waals surface area contributed by atoms with Gasteiger partial charge in [-0.05, 0) is 37.0 Å². The molecule has 1 aromatic heterocycles. The number of fused-ring (bicyclic) bond motifs is 1. The van der Waals surface area contributed by atoms with Gasteiger partial charge in [-0.25, -0.2) is 4.39 Å². The molecule has 1 unspecified atom stereocenters. The summed E-state index contributed by atoms with van der Waals surface area (Å²) in [7, 11) is 2.00. The van der Waals surface area contributed by atoms with Gasteiger partial charge < -0.3 is 5.32 Å². The fourth-order valence-corrected chi connectivity index (χ4v) is 2.76. The zero-order valence-electron chi connectivity index (χ0n) is 11.1. The molecule has 0 bridgehead atoms. The summed E-state index contributed by atoms with van der Waals surface area (Å²) in [4.78, 5) is 0. The average molecular weight is 259 g/mol. The lowest BCUT2D eigenvalue weighted by Crippen LogP contribution is -2.24. The third-order valence-electron chi connectivity index (χ3n) is 3.84. The number of halogens is 1. The molecule has 3 rings (SSSR count). The molecule has 1 aliphatic rings. The van der Waals surface area contributed by atoms with Crippen LogP contribution in [0.15, 0.2) is 30.5 Å². The molecule has 1 aromatic carbocycles. The molecule has 1 atom stereocenters. The molecular weight excluding hydrogens is 241 g/mol. The number of hydrogen-bond donors (Lipinski definition) is 1. The standard InChI is InChI=1S/C15H18FN3/c1-19-15-4-2-3-14(13(15)10-18-19)17-9-11-5-7-12(16)8-6-11/h5-8,10,14,17H,2-4,9H2,1H3. The van der Waals surface area contributed by atoms with Gasteiger partial charge in [0.1, 0.15) is 5.82 Å². The van der Waals surface area contributed by atoms with Gasteiger partial charge in [0.25, 0.3) is 0 Å². The van der Waals surface area contributed by atoms with Crippen LogP contribution in [-0.2, 0) is 20.0 Å². The molecule has 19 heavy (non-hydrogen) atoms. The van der Waals surface area contributed by atoms with E-state index >= 15 is 0 Å². The normalized spacial score (nSPS) is 18.3. The van der Waals surface area contributed by atoms with Crippen LogP contribution in [0.5, 0.6) is 0 Å². The Labute approximate surface area is 112 Å². The molecule has 0 radical (unpaired) electrons. The SMILES string of the molecule is Cn1ncc2c1CCCC2NCc1ccc(F)cc1. The van der Waals surface area contributed by atoms with Crippen molar-refractivity contribution in [3.63, 3.8) is 0 Å². The molecule has 0 amide bonds. The second-order valence-electron chi connectivity index (χ2n) is 5.12. The Bertz CT molecular complexity index is 559. The van der Waals surface area contributed by atoms with Crippen molar-refractivity contribution in [3.05, 3.63) is 53.1 Å². The Kier molecular flexibility index (Phi) is 3.34. The van der Waals surface area contributed by atoms with Gasteiger partial charge in [-0.15, -0.1) is 0 Å². The van der Waals surface area contributed by atoms with Gasteiger partial charge >= 0.3 is 0 Å². The highest BCUT2D eigenvalue weighted by molar-refractivity contribution is 5.25. The first-order chi connectivity index (χ1) is 9.24. The van der Waals surface area contributed by atoms with E-state index in [9.17, 15) is 4.39 Å². The van der Waals surface area contributed by atoms with Gasteiger partial charge in [0.2, 0.25) is 0 Å². The monoisotopic (exact) mass is 259 g/mol. The minimum Gasteiger partial charge on any atom is -0.306 e. The summed E-state index contributed by atoms with van der Waals surface area (Å²) in [5, 5.41) is 7.89. The van der Waals surface area contributed by atoms with Crippen molar-refractivity contribution in [1.82, 2.24) is 15.1 Å². The topological polar surface area (TPSA) is 29.9 Å². The molecule has 1 N–H and O–H groups in total. The van der Waals surface area contributed by atoms with Crippen LogP contribution in [0.25, 0.3) is 0 Å². The van der Waals surface area contributed by atoms with Gasteiger partial charge in [-0.3, -0.25) is 4.68 Å². The Morgan fingerprint density at radius 3 is 2.95 bits per heavy atom. The predicted octanol–water partition coefficient (Wildman–Crippen LogP) is 2.73. The van der Waals surface area contributed by atoms with E-state index in [1.54, 1.807) is 0 Å². The number of nitrogens with zero attached hydrogens (tertiary/aromatic N) is 2. The lowest BCUT2D eigenvalue weighted by atomic mass is 9.93. The third kappa shape index (κ3) is 2.54. The van der Waals surface area contributed by atoms with E-state index in [0.29, 0.717) is 6.04 Å². The number of hydrogen-bond acceptors (Lipinski definition) is 2. The van der Waals surface area contributed by atoms with Crippen LogP contribution in [-0.4, -0.2) is 9.78 Å². The number of rotatable bonds is 3. The molecule has 100 valence electrons. The molecule has 1 heterocycles. The van der Waals surface area contributed by atoms with Gasteiger partial charge in [0.05, 0.1) is 6.20 Å². The number of nitrogens with one attached hydrogen (secondary N) is 1. The van der Waals surface area contributed by atoms with Gasteiger partial charge in [-0.2, -0.15) is 5.10 Å². The molecule has 1 aliphatic carbocycles. The van der Waals surface area contributed by atoms with Gasteiger partial charge in [0, 0.05) is 30.9 Å². The molecule has 0 fully saturated rings. The van der Waals surface area contributed by atoms with E-state index in [2.05, 4.69) is 10.4 Å². The summed E-state index contributed by atoms with van der Waals surface area (Å²) in [6.45, 7) is 0.763. The average Bonchev–Trinajstić information content (AvgIpc) is 2.81. The molecule has 0 saturated heterocycles. The van der Waals surface area contributed by atoms with Gasteiger partial charge in [0.15, 0.2) is 0 Å². The van der Waals surface area contributed by atoms with Crippen molar-refractivity contribution in [2.75, 3.05) is 0 Å². The van der Waals surface area contributed by atoms with Crippen LogP contribution in [0.1, 0.15) is 35.7 Å². The Balaban J connectivity index is 1.69. The van der Waals surface area contributed by atoms with E-state index in [1.807, 2.05) is 30.1 Å². The van der Waals surface area contributed by atoms with Crippen LogP contribution < -0.4 is 5.32 Å². The highest BCUT2D eigenvalue weighted by atomic mass is 19.1. The van der Waals surface area contributed by atoms with Crippen LogP contribution in [0, 0.1) is 5.82 Å². The smallest absolute Gasteiger partial charge is 0.123 e.